The summed E-state index contributed by atoms with van der Waals surface area (Å²) in [6, 6.07) is 7.89. The Morgan fingerprint density at radius 1 is 1.33 bits per heavy atom. The maximum atomic E-state index is 12.7. The zero-order valence-electron chi connectivity index (χ0n) is 13.9. The van der Waals surface area contributed by atoms with Gasteiger partial charge in [0.05, 0.1) is 18.7 Å². The second kappa shape index (κ2) is 7.55. The Labute approximate surface area is 147 Å². The van der Waals surface area contributed by atoms with E-state index in [4.69, 9.17) is 11.6 Å². The number of piperazine rings is 1. The predicted octanol–water partition coefficient (Wildman–Crippen LogP) is 2.48. The number of amides is 1. The lowest BCUT2D eigenvalue weighted by atomic mass is 10.0. The smallest absolute Gasteiger partial charge is 0.271 e. The molecule has 1 aromatic rings. The van der Waals surface area contributed by atoms with Gasteiger partial charge in [0.2, 0.25) is 0 Å². The Bertz CT molecular complexity index is 617. The third kappa shape index (κ3) is 3.43. The maximum absolute atomic E-state index is 12.7. The monoisotopic (exact) mass is 349 g/mol. The molecule has 130 valence electrons. The topological polar surface area (TPSA) is 55.8 Å². The lowest BCUT2D eigenvalue weighted by Gasteiger charge is -2.41. The third-order valence-corrected chi connectivity index (χ3v) is 4.91. The fourth-order valence-electron chi connectivity index (χ4n) is 3.37. The molecule has 1 amide bonds. The summed E-state index contributed by atoms with van der Waals surface area (Å²) in [5.41, 5.74) is 5.24. The number of nitrogens with one attached hydrogen (secondary N) is 1. The van der Waals surface area contributed by atoms with Gasteiger partial charge in [0, 0.05) is 18.1 Å². The molecule has 1 aromatic carbocycles. The number of hydrogen-bond acceptors (Lipinski definition) is 4. The number of aliphatic hydroxyl groups excluding tert-OH is 1. The molecule has 6 heteroatoms. The number of carbonyl (C=O) groups is 1. The minimum Gasteiger partial charge on any atom is -0.395 e. The number of hydrazine groups is 1. The molecule has 24 heavy (non-hydrogen) atoms. The van der Waals surface area contributed by atoms with Crippen LogP contribution in [0.5, 0.6) is 0 Å². The van der Waals surface area contributed by atoms with Gasteiger partial charge in [-0.2, -0.15) is 0 Å². The van der Waals surface area contributed by atoms with Gasteiger partial charge in [0.25, 0.3) is 5.91 Å². The van der Waals surface area contributed by atoms with E-state index in [2.05, 4.69) is 12.3 Å². The van der Waals surface area contributed by atoms with E-state index < -0.39 is 0 Å². The zero-order valence-corrected chi connectivity index (χ0v) is 14.7. The number of unbranched alkanes of at least 4 members (excludes halogenated alkanes) is 1. The molecule has 0 aromatic heterocycles. The van der Waals surface area contributed by atoms with Crippen molar-refractivity contribution >= 4 is 17.5 Å². The summed E-state index contributed by atoms with van der Waals surface area (Å²) < 4.78 is 0. The van der Waals surface area contributed by atoms with Crippen LogP contribution < -0.4 is 5.43 Å². The van der Waals surface area contributed by atoms with E-state index in [9.17, 15) is 9.90 Å². The summed E-state index contributed by atoms with van der Waals surface area (Å²) in [6.07, 6.45) is 5.23. The van der Waals surface area contributed by atoms with E-state index in [1.807, 2.05) is 35.4 Å². The number of hydrogen-bond donors (Lipinski definition) is 2. The molecule has 1 saturated heterocycles. The second-order valence-corrected chi connectivity index (χ2v) is 6.79. The quantitative estimate of drug-likeness (QED) is 0.828. The van der Waals surface area contributed by atoms with Crippen molar-refractivity contribution in [3.63, 3.8) is 0 Å². The van der Waals surface area contributed by atoms with E-state index >= 15 is 0 Å². The average molecular weight is 350 g/mol. The summed E-state index contributed by atoms with van der Waals surface area (Å²) in [6.45, 7) is 3.20. The molecule has 2 aliphatic heterocycles. The van der Waals surface area contributed by atoms with Gasteiger partial charge in [0.15, 0.2) is 0 Å². The summed E-state index contributed by atoms with van der Waals surface area (Å²) in [7, 11) is 0. The van der Waals surface area contributed by atoms with E-state index in [-0.39, 0.29) is 24.6 Å². The first-order valence-electron chi connectivity index (χ1n) is 8.57. The van der Waals surface area contributed by atoms with Gasteiger partial charge in [-0.1, -0.05) is 43.5 Å². The first-order valence-corrected chi connectivity index (χ1v) is 8.94. The Hall–Kier alpha value is -1.56. The lowest BCUT2D eigenvalue weighted by Crippen LogP contribution is -2.57. The van der Waals surface area contributed by atoms with Crippen molar-refractivity contribution in [2.75, 3.05) is 19.7 Å². The fourth-order valence-corrected chi connectivity index (χ4v) is 3.49. The molecule has 2 heterocycles. The van der Waals surface area contributed by atoms with Crippen LogP contribution in [0.2, 0.25) is 5.02 Å². The van der Waals surface area contributed by atoms with Gasteiger partial charge in [-0.3, -0.25) is 9.80 Å². The van der Waals surface area contributed by atoms with E-state index in [0.717, 1.165) is 24.8 Å². The summed E-state index contributed by atoms with van der Waals surface area (Å²) >= 11 is 5.97. The lowest BCUT2D eigenvalue weighted by molar-refractivity contribution is -0.134. The van der Waals surface area contributed by atoms with Crippen molar-refractivity contribution in [2.24, 2.45) is 0 Å². The number of nitrogens with zero attached hydrogens (tertiary/aromatic N) is 2. The Morgan fingerprint density at radius 3 is 2.75 bits per heavy atom. The SMILES string of the molecule is CCCCC1CN(CCO)C(=O)C2=CC(c3ccc(Cl)cc3)NN21. The Morgan fingerprint density at radius 2 is 2.08 bits per heavy atom. The van der Waals surface area contributed by atoms with Crippen LogP contribution in [0, 0.1) is 0 Å². The normalized spacial score (nSPS) is 23.5. The first-order chi connectivity index (χ1) is 11.6. The van der Waals surface area contributed by atoms with Crippen LogP contribution in [0.3, 0.4) is 0 Å². The van der Waals surface area contributed by atoms with Crippen LogP contribution in [0.4, 0.5) is 0 Å². The Balaban J connectivity index is 1.84. The summed E-state index contributed by atoms with van der Waals surface area (Å²) in [4.78, 5) is 14.4. The highest BCUT2D eigenvalue weighted by Gasteiger charge is 2.40. The van der Waals surface area contributed by atoms with Crippen LogP contribution in [-0.4, -0.2) is 46.7 Å². The van der Waals surface area contributed by atoms with Crippen LogP contribution >= 0.6 is 11.6 Å². The number of carbonyl (C=O) groups excluding carboxylic acids is 1. The molecule has 2 N–H and O–H groups in total. The molecule has 5 nitrogen and oxygen atoms in total. The van der Waals surface area contributed by atoms with Crippen molar-refractivity contribution in [1.29, 1.82) is 0 Å². The molecule has 3 rings (SSSR count). The summed E-state index contributed by atoms with van der Waals surface area (Å²) in [5.74, 6) is -0.0132. The highest BCUT2D eigenvalue weighted by atomic mass is 35.5. The van der Waals surface area contributed by atoms with Crippen molar-refractivity contribution in [3.05, 3.63) is 46.6 Å². The van der Waals surface area contributed by atoms with Gasteiger partial charge >= 0.3 is 0 Å². The standard InChI is InChI=1S/C18H24ClN3O2/c1-2-3-4-15-12-21(9-10-23)18(24)17-11-16(20-22(15)17)13-5-7-14(19)8-6-13/h5-8,11,15-16,20,23H,2-4,9-10,12H2,1H3. The van der Waals surface area contributed by atoms with E-state index in [0.29, 0.717) is 23.8 Å². The number of aliphatic hydroxyl groups is 1. The Kier molecular flexibility index (Phi) is 5.43. The number of β-amino-alcohol motifs (C(OH)–C–C–N with tert-alkyl or cyclic N) is 1. The minimum absolute atomic E-state index is 0.00639. The predicted molar refractivity (Wildman–Crippen MR) is 94.2 cm³/mol. The average Bonchev–Trinajstić information content (AvgIpc) is 3.03. The van der Waals surface area contributed by atoms with E-state index in [1.54, 1.807) is 4.90 Å². The van der Waals surface area contributed by atoms with Gasteiger partial charge in [0.1, 0.15) is 5.70 Å². The molecule has 0 spiro atoms. The minimum atomic E-state index is -0.0283. The first kappa shape index (κ1) is 17.3. The molecule has 0 bridgehead atoms. The van der Waals surface area contributed by atoms with Gasteiger partial charge in [-0.25, -0.2) is 5.43 Å². The molecular weight excluding hydrogens is 326 g/mol. The molecule has 2 atom stereocenters. The summed E-state index contributed by atoms with van der Waals surface area (Å²) in [5, 5.41) is 12.0. The number of rotatable bonds is 6. The van der Waals surface area contributed by atoms with Gasteiger partial charge in [-0.15, -0.1) is 0 Å². The van der Waals surface area contributed by atoms with Crippen LogP contribution in [0.25, 0.3) is 0 Å². The van der Waals surface area contributed by atoms with Crippen molar-refractivity contribution in [2.45, 2.75) is 38.3 Å². The third-order valence-electron chi connectivity index (χ3n) is 4.65. The number of fused-ring (bicyclic) bond motifs is 1. The molecule has 0 radical (unpaired) electrons. The number of benzene rings is 1. The van der Waals surface area contributed by atoms with Crippen molar-refractivity contribution in [1.82, 2.24) is 15.3 Å². The molecule has 0 saturated carbocycles. The second-order valence-electron chi connectivity index (χ2n) is 6.35. The highest BCUT2D eigenvalue weighted by Crippen LogP contribution is 2.32. The van der Waals surface area contributed by atoms with Crippen LogP contribution in [0.1, 0.15) is 37.8 Å². The number of halogens is 1. The van der Waals surface area contributed by atoms with Crippen LogP contribution in [-0.2, 0) is 4.79 Å². The molecule has 2 aliphatic rings. The van der Waals surface area contributed by atoms with Crippen molar-refractivity contribution < 1.29 is 9.90 Å². The maximum Gasteiger partial charge on any atom is 0.271 e. The fraction of sp³-hybridized carbons (Fsp3) is 0.500. The van der Waals surface area contributed by atoms with Gasteiger partial charge < -0.3 is 10.0 Å². The largest absolute Gasteiger partial charge is 0.395 e. The molecular formula is C18H24ClN3O2. The van der Waals surface area contributed by atoms with Gasteiger partial charge in [-0.05, 0) is 30.2 Å². The molecule has 1 fully saturated rings. The van der Waals surface area contributed by atoms with Crippen LogP contribution in [0.15, 0.2) is 36.0 Å². The highest BCUT2D eigenvalue weighted by molar-refractivity contribution is 6.30. The van der Waals surface area contributed by atoms with Crippen molar-refractivity contribution in [3.8, 4) is 0 Å². The molecule has 2 unspecified atom stereocenters. The molecule has 0 aliphatic carbocycles. The van der Waals surface area contributed by atoms with E-state index in [1.165, 1.54) is 0 Å². The zero-order chi connectivity index (χ0) is 17.1.